The van der Waals surface area contributed by atoms with Gasteiger partial charge in [0.25, 0.3) is 0 Å². The Hall–Kier alpha value is -2.43. The van der Waals surface area contributed by atoms with Crippen LogP contribution in [0.4, 0.5) is 11.5 Å². The molecule has 5 heteroatoms. The average Bonchev–Trinajstić information content (AvgIpc) is 2.38. The summed E-state index contributed by atoms with van der Waals surface area (Å²) in [5.74, 6) is 0.521. The molecular weight excluding hydrogens is 228 g/mol. The van der Waals surface area contributed by atoms with Gasteiger partial charge in [0.1, 0.15) is 12.1 Å². The maximum absolute atomic E-state index is 11.3. The van der Waals surface area contributed by atoms with E-state index < -0.39 is 0 Å². The zero-order valence-electron chi connectivity index (χ0n) is 9.68. The van der Waals surface area contributed by atoms with Crippen molar-refractivity contribution >= 4 is 17.4 Å². The predicted molar refractivity (Wildman–Crippen MR) is 68.8 cm³/mol. The van der Waals surface area contributed by atoms with E-state index >= 15 is 0 Å². The molecule has 0 unspecified atom stereocenters. The van der Waals surface area contributed by atoms with Gasteiger partial charge < -0.3 is 11.1 Å². The summed E-state index contributed by atoms with van der Waals surface area (Å²) < 4.78 is 0. The van der Waals surface area contributed by atoms with Gasteiger partial charge in [-0.25, -0.2) is 9.97 Å². The van der Waals surface area contributed by atoms with Crippen molar-refractivity contribution in [3.8, 4) is 11.3 Å². The largest absolute Gasteiger partial charge is 0.384 e. The summed E-state index contributed by atoms with van der Waals surface area (Å²) in [4.78, 5) is 19.3. The Kier molecular flexibility index (Phi) is 2.44. The summed E-state index contributed by atoms with van der Waals surface area (Å²) in [6.07, 6.45) is 2.74. The van der Waals surface area contributed by atoms with E-state index in [1.807, 2.05) is 18.2 Å². The van der Waals surface area contributed by atoms with Gasteiger partial charge in [0, 0.05) is 23.7 Å². The molecule has 1 aliphatic heterocycles. The molecule has 0 fully saturated rings. The number of nitrogens with one attached hydrogen (secondary N) is 1. The first-order valence-electron chi connectivity index (χ1n) is 5.73. The second-order valence-corrected chi connectivity index (χ2v) is 4.25. The summed E-state index contributed by atoms with van der Waals surface area (Å²) in [5.41, 5.74) is 9.44. The number of nitrogen functional groups attached to an aromatic ring is 1. The molecule has 0 saturated heterocycles. The molecular formula is C13H12N4O. The number of hydrogen-bond acceptors (Lipinski definition) is 4. The minimum atomic E-state index is 0.0709. The Morgan fingerprint density at radius 3 is 2.89 bits per heavy atom. The van der Waals surface area contributed by atoms with E-state index in [1.165, 1.54) is 6.33 Å². The molecule has 90 valence electrons. The summed E-state index contributed by atoms with van der Waals surface area (Å²) in [6.45, 7) is 0. The van der Waals surface area contributed by atoms with Crippen LogP contribution >= 0.6 is 0 Å². The van der Waals surface area contributed by atoms with Crippen molar-refractivity contribution in [3.63, 3.8) is 0 Å². The maximum atomic E-state index is 11.3. The highest BCUT2D eigenvalue weighted by molar-refractivity contribution is 5.94. The average molecular weight is 240 g/mol. The number of aryl methyl sites for hydroxylation is 1. The Balaban J connectivity index is 2.02. The van der Waals surface area contributed by atoms with Crippen molar-refractivity contribution in [2.75, 3.05) is 11.1 Å². The molecule has 0 saturated carbocycles. The van der Waals surface area contributed by atoms with Gasteiger partial charge in [-0.2, -0.15) is 0 Å². The number of benzene rings is 1. The van der Waals surface area contributed by atoms with Crippen LogP contribution < -0.4 is 11.1 Å². The van der Waals surface area contributed by atoms with E-state index in [0.29, 0.717) is 12.2 Å². The van der Waals surface area contributed by atoms with Gasteiger partial charge in [0.15, 0.2) is 0 Å². The monoisotopic (exact) mass is 240 g/mol. The third-order valence-corrected chi connectivity index (χ3v) is 2.98. The van der Waals surface area contributed by atoms with Gasteiger partial charge in [-0.05, 0) is 24.1 Å². The number of nitrogens with zero attached hydrogens (tertiary/aromatic N) is 2. The number of amides is 1. The molecule has 0 bridgehead atoms. The lowest BCUT2D eigenvalue weighted by Gasteiger charge is -2.17. The molecule has 2 aromatic rings. The molecule has 18 heavy (non-hydrogen) atoms. The summed E-state index contributed by atoms with van der Waals surface area (Å²) in [6, 6.07) is 7.60. The molecule has 0 aliphatic carbocycles. The number of carbonyl (C=O) groups is 1. The molecule has 1 aromatic carbocycles. The zero-order chi connectivity index (χ0) is 12.5. The number of aromatic nitrogens is 2. The number of nitrogens with two attached hydrogens (primary N) is 1. The van der Waals surface area contributed by atoms with Crippen LogP contribution in [0.3, 0.4) is 0 Å². The summed E-state index contributed by atoms with van der Waals surface area (Å²) >= 11 is 0. The molecule has 3 N–H and O–H groups in total. The first kappa shape index (κ1) is 10.7. The van der Waals surface area contributed by atoms with Crippen molar-refractivity contribution in [3.05, 3.63) is 36.2 Å². The second-order valence-electron chi connectivity index (χ2n) is 4.25. The first-order valence-corrected chi connectivity index (χ1v) is 5.73. The molecule has 2 heterocycles. The van der Waals surface area contributed by atoms with Gasteiger partial charge in [0.05, 0.1) is 5.69 Å². The Morgan fingerprint density at radius 1 is 1.17 bits per heavy atom. The second kappa shape index (κ2) is 4.10. The van der Waals surface area contributed by atoms with Crippen LogP contribution in [-0.4, -0.2) is 15.9 Å². The van der Waals surface area contributed by atoms with E-state index in [-0.39, 0.29) is 5.91 Å². The van der Waals surface area contributed by atoms with E-state index in [2.05, 4.69) is 15.3 Å². The van der Waals surface area contributed by atoms with E-state index in [0.717, 1.165) is 28.9 Å². The van der Waals surface area contributed by atoms with E-state index in [1.54, 1.807) is 6.07 Å². The quantitative estimate of drug-likeness (QED) is 0.793. The molecule has 1 amide bonds. The lowest BCUT2D eigenvalue weighted by Crippen LogP contribution is -2.18. The van der Waals surface area contributed by atoms with Gasteiger partial charge in [0.2, 0.25) is 5.91 Å². The van der Waals surface area contributed by atoms with Crippen molar-refractivity contribution in [2.45, 2.75) is 12.8 Å². The number of carbonyl (C=O) groups excluding carboxylic acids is 1. The van der Waals surface area contributed by atoms with Gasteiger partial charge in [-0.15, -0.1) is 0 Å². The minimum absolute atomic E-state index is 0.0709. The van der Waals surface area contributed by atoms with Crippen LogP contribution in [0.1, 0.15) is 12.0 Å². The smallest absolute Gasteiger partial charge is 0.224 e. The fraction of sp³-hybridized carbons (Fsp3) is 0.154. The highest BCUT2D eigenvalue weighted by Crippen LogP contribution is 2.27. The number of hydrogen-bond donors (Lipinski definition) is 2. The van der Waals surface area contributed by atoms with Crippen molar-refractivity contribution in [1.29, 1.82) is 0 Å². The molecule has 0 radical (unpaired) electrons. The predicted octanol–water partition coefficient (Wildman–Crippen LogP) is 1.61. The van der Waals surface area contributed by atoms with Crippen LogP contribution in [0.15, 0.2) is 30.6 Å². The summed E-state index contributed by atoms with van der Waals surface area (Å²) in [5, 5.41) is 2.85. The summed E-state index contributed by atoms with van der Waals surface area (Å²) in [7, 11) is 0. The molecule has 5 nitrogen and oxygen atoms in total. The molecule has 1 aliphatic rings. The normalized spacial score (nSPS) is 13.9. The first-order chi connectivity index (χ1) is 8.72. The van der Waals surface area contributed by atoms with Crippen LogP contribution in [0, 0.1) is 0 Å². The fourth-order valence-corrected chi connectivity index (χ4v) is 2.07. The standard InChI is InChI=1S/C13H12N4O/c14-12-6-11(15-7-16-12)9-1-3-10-8(5-9)2-4-13(18)17-10/h1,3,5-7H,2,4H2,(H,17,18)(H2,14,15,16). The molecule has 0 spiro atoms. The zero-order valence-corrected chi connectivity index (χ0v) is 9.68. The minimum Gasteiger partial charge on any atom is -0.384 e. The highest BCUT2D eigenvalue weighted by atomic mass is 16.1. The van der Waals surface area contributed by atoms with Gasteiger partial charge >= 0.3 is 0 Å². The van der Waals surface area contributed by atoms with Crippen LogP contribution in [0.25, 0.3) is 11.3 Å². The third kappa shape index (κ3) is 1.90. The molecule has 0 atom stereocenters. The Labute approximate surface area is 104 Å². The van der Waals surface area contributed by atoms with Crippen LogP contribution in [0.5, 0.6) is 0 Å². The Bertz CT molecular complexity index is 624. The Morgan fingerprint density at radius 2 is 2.06 bits per heavy atom. The fourth-order valence-electron chi connectivity index (χ4n) is 2.07. The van der Waals surface area contributed by atoms with Crippen molar-refractivity contribution < 1.29 is 4.79 Å². The van der Waals surface area contributed by atoms with Gasteiger partial charge in [-0.1, -0.05) is 6.07 Å². The molecule has 3 rings (SSSR count). The topological polar surface area (TPSA) is 80.9 Å². The number of fused-ring (bicyclic) bond motifs is 1. The maximum Gasteiger partial charge on any atom is 0.224 e. The lowest BCUT2D eigenvalue weighted by atomic mass is 9.99. The third-order valence-electron chi connectivity index (χ3n) is 2.98. The van der Waals surface area contributed by atoms with Crippen LogP contribution in [0.2, 0.25) is 0 Å². The number of anilines is 2. The van der Waals surface area contributed by atoms with Gasteiger partial charge in [-0.3, -0.25) is 4.79 Å². The molecule has 1 aromatic heterocycles. The van der Waals surface area contributed by atoms with E-state index in [9.17, 15) is 4.79 Å². The van der Waals surface area contributed by atoms with Crippen molar-refractivity contribution in [1.82, 2.24) is 9.97 Å². The lowest BCUT2D eigenvalue weighted by molar-refractivity contribution is -0.116. The highest BCUT2D eigenvalue weighted by Gasteiger charge is 2.15. The van der Waals surface area contributed by atoms with E-state index in [4.69, 9.17) is 5.73 Å². The van der Waals surface area contributed by atoms with Crippen LogP contribution in [-0.2, 0) is 11.2 Å². The SMILES string of the molecule is Nc1cc(-c2ccc3c(c2)CCC(=O)N3)ncn1. The van der Waals surface area contributed by atoms with Crippen molar-refractivity contribution in [2.24, 2.45) is 0 Å². The number of rotatable bonds is 1.